The molecule has 0 amide bonds. The van der Waals surface area contributed by atoms with E-state index in [1.54, 1.807) is 11.8 Å². The Hall–Kier alpha value is -1.46. The zero-order valence-electron chi connectivity index (χ0n) is 10.6. The van der Waals surface area contributed by atoms with E-state index in [1.165, 1.54) is 9.75 Å². The minimum atomic E-state index is 0.701. The lowest BCUT2D eigenvalue weighted by atomic mass is 10.3. The highest BCUT2D eigenvalue weighted by atomic mass is 32.2. The number of aromatic nitrogens is 1. The molecule has 3 aromatic rings. The van der Waals surface area contributed by atoms with Crippen LogP contribution in [0.2, 0.25) is 0 Å². The molecule has 2 N–H and O–H groups in total. The van der Waals surface area contributed by atoms with Gasteiger partial charge >= 0.3 is 0 Å². The molecule has 0 bridgehead atoms. The summed E-state index contributed by atoms with van der Waals surface area (Å²) in [4.78, 5) is 7.20. The highest BCUT2D eigenvalue weighted by Gasteiger charge is 2.07. The fraction of sp³-hybridized carbons (Fsp3) is 0.214. The standard InChI is InChI=1S/C14H14N2OS2/c1-2-10-4-5-11(19-10)8-18-14-16-12-7-9(15)3-6-13(12)17-14/h3-7H,2,8,15H2,1H3. The number of nitrogens with zero attached hydrogens (tertiary/aromatic N) is 1. The largest absolute Gasteiger partial charge is 0.431 e. The first-order valence-electron chi connectivity index (χ1n) is 6.11. The van der Waals surface area contributed by atoms with E-state index in [0.29, 0.717) is 10.9 Å². The Kier molecular flexibility index (Phi) is 3.48. The van der Waals surface area contributed by atoms with Crippen LogP contribution in [0.4, 0.5) is 5.69 Å². The second-order valence-corrected chi connectivity index (χ2v) is 6.40. The van der Waals surface area contributed by atoms with Crippen molar-refractivity contribution < 1.29 is 4.42 Å². The summed E-state index contributed by atoms with van der Waals surface area (Å²) < 4.78 is 5.68. The lowest BCUT2D eigenvalue weighted by Crippen LogP contribution is -1.82. The van der Waals surface area contributed by atoms with Gasteiger partial charge in [0.1, 0.15) is 5.52 Å². The minimum absolute atomic E-state index is 0.701. The van der Waals surface area contributed by atoms with Crippen molar-refractivity contribution in [3.05, 3.63) is 40.1 Å². The van der Waals surface area contributed by atoms with Gasteiger partial charge in [-0.1, -0.05) is 18.7 Å². The molecule has 0 fully saturated rings. The van der Waals surface area contributed by atoms with Gasteiger partial charge in [0.05, 0.1) is 0 Å². The molecule has 2 aromatic heterocycles. The molecule has 0 spiro atoms. The third-order valence-electron chi connectivity index (χ3n) is 2.80. The Bertz CT molecular complexity index is 702. The number of nitrogen functional groups attached to an aromatic ring is 1. The Morgan fingerprint density at radius 3 is 2.89 bits per heavy atom. The number of thiophene rings is 1. The van der Waals surface area contributed by atoms with Crippen molar-refractivity contribution in [1.29, 1.82) is 0 Å². The second-order valence-electron chi connectivity index (χ2n) is 4.22. The molecule has 19 heavy (non-hydrogen) atoms. The van der Waals surface area contributed by atoms with E-state index in [0.717, 1.165) is 23.3 Å². The van der Waals surface area contributed by atoms with Crippen molar-refractivity contribution in [2.24, 2.45) is 0 Å². The Morgan fingerprint density at radius 2 is 2.11 bits per heavy atom. The van der Waals surface area contributed by atoms with E-state index in [9.17, 15) is 0 Å². The van der Waals surface area contributed by atoms with Crippen LogP contribution in [0.25, 0.3) is 11.1 Å². The molecule has 2 heterocycles. The first kappa shape index (κ1) is 12.6. The summed E-state index contributed by atoms with van der Waals surface area (Å²) in [5.74, 6) is 0.896. The third-order valence-corrected chi connectivity index (χ3v) is 5.08. The van der Waals surface area contributed by atoms with Gasteiger partial charge in [-0.3, -0.25) is 0 Å². The maximum absolute atomic E-state index is 5.73. The van der Waals surface area contributed by atoms with E-state index in [2.05, 4.69) is 24.0 Å². The molecule has 0 radical (unpaired) electrons. The van der Waals surface area contributed by atoms with Gasteiger partial charge in [-0.25, -0.2) is 4.98 Å². The van der Waals surface area contributed by atoms with Crippen molar-refractivity contribution in [3.8, 4) is 0 Å². The monoisotopic (exact) mass is 290 g/mol. The summed E-state index contributed by atoms with van der Waals surface area (Å²) in [5.41, 5.74) is 8.05. The fourth-order valence-corrected chi connectivity index (χ4v) is 3.65. The lowest BCUT2D eigenvalue weighted by molar-refractivity contribution is 0.489. The summed E-state index contributed by atoms with van der Waals surface area (Å²) in [7, 11) is 0. The van der Waals surface area contributed by atoms with E-state index in [1.807, 2.05) is 29.5 Å². The first-order valence-corrected chi connectivity index (χ1v) is 7.91. The Balaban J connectivity index is 1.74. The van der Waals surface area contributed by atoms with Crippen LogP contribution in [0, 0.1) is 0 Å². The van der Waals surface area contributed by atoms with Crippen molar-refractivity contribution >= 4 is 39.9 Å². The molecule has 0 atom stereocenters. The number of rotatable bonds is 4. The highest BCUT2D eigenvalue weighted by Crippen LogP contribution is 2.29. The number of hydrogen-bond acceptors (Lipinski definition) is 5. The summed E-state index contributed by atoms with van der Waals surface area (Å²) in [6.45, 7) is 2.17. The number of fused-ring (bicyclic) bond motifs is 1. The molecule has 0 saturated carbocycles. The molecule has 0 unspecified atom stereocenters. The number of oxazole rings is 1. The summed E-state index contributed by atoms with van der Waals surface area (Å²) >= 11 is 3.47. The topological polar surface area (TPSA) is 52.0 Å². The van der Waals surface area contributed by atoms with Crippen LogP contribution in [0.5, 0.6) is 0 Å². The maximum Gasteiger partial charge on any atom is 0.257 e. The number of hydrogen-bond donors (Lipinski definition) is 1. The van der Waals surface area contributed by atoms with E-state index in [4.69, 9.17) is 10.2 Å². The quantitative estimate of drug-likeness (QED) is 0.574. The predicted octanol–water partition coefficient (Wildman–Crippen LogP) is 4.33. The van der Waals surface area contributed by atoms with Crippen LogP contribution in [0.15, 0.2) is 40.0 Å². The van der Waals surface area contributed by atoms with Crippen molar-refractivity contribution in [2.45, 2.75) is 24.3 Å². The molecule has 3 rings (SSSR count). The van der Waals surface area contributed by atoms with Gasteiger partial charge in [-0.05, 0) is 36.8 Å². The second kappa shape index (κ2) is 5.27. The van der Waals surface area contributed by atoms with Crippen molar-refractivity contribution in [1.82, 2.24) is 4.98 Å². The number of anilines is 1. The molecule has 98 valence electrons. The minimum Gasteiger partial charge on any atom is -0.431 e. The van der Waals surface area contributed by atoms with Crippen LogP contribution >= 0.6 is 23.1 Å². The van der Waals surface area contributed by atoms with Crippen LogP contribution < -0.4 is 5.73 Å². The van der Waals surface area contributed by atoms with E-state index in [-0.39, 0.29) is 0 Å². The van der Waals surface area contributed by atoms with Gasteiger partial charge in [-0.2, -0.15) is 0 Å². The summed E-state index contributed by atoms with van der Waals surface area (Å²) in [5, 5.41) is 0.701. The molecule has 3 nitrogen and oxygen atoms in total. The van der Waals surface area contributed by atoms with Gasteiger partial charge < -0.3 is 10.2 Å². The fourth-order valence-electron chi connectivity index (χ4n) is 1.81. The molecular formula is C14H14N2OS2. The van der Waals surface area contributed by atoms with Gasteiger partial charge in [0.2, 0.25) is 0 Å². The number of thioether (sulfide) groups is 1. The lowest BCUT2D eigenvalue weighted by Gasteiger charge is -1.92. The van der Waals surface area contributed by atoms with E-state index >= 15 is 0 Å². The van der Waals surface area contributed by atoms with Gasteiger partial charge in [0, 0.05) is 21.2 Å². The van der Waals surface area contributed by atoms with Crippen LogP contribution in [-0.2, 0) is 12.2 Å². The molecule has 0 saturated heterocycles. The average Bonchev–Trinajstić information content (AvgIpc) is 3.01. The van der Waals surface area contributed by atoms with Crippen LogP contribution in [-0.4, -0.2) is 4.98 Å². The highest BCUT2D eigenvalue weighted by molar-refractivity contribution is 7.98. The maximum atomic E-state index is 5.73. The predicted molar refractivity (Wildman–Crippen MR) is 81.7 cm³/mol. The summed E-state index contributed by atoms with van der Waals surface area (Å²) in [6, 6.07) is 9.89. The Labute approximate surface area is 119 Å². The molecule has 0 aliphatic carbocycles. The molecule has 1 aromatic carbocycles. The molecular weight excluding hydrogens is 276 g/mol. The normalized spacial score (nSPS) is 11.2. The van der Waals surface area contributed by atoms with Gasteiger partial charge in [0.25, 0.3) is 5.22 Å². The number of benzene rings is 1. The molecule has 5 heteroatoms. The van der Waals surface area contributed by atoms with Crippen LogP contribution in [0.1, 0.15) is 16.7 Å². The van der Waals surface area contributed by atoms with Crippen LogP contribution in [0.3, 0.4) is 0 Å². The smallest absolute Gasteiger partial charge is 0.257 e. The van der Waals surface area contributed by atoms with Crippen molar-refractivity contribution in [3.63, 3.8) is 0 Å². The zero-order valence-corrected chi connectivity index (χ0v) is 12.2. The Morgan fingerprint density at radius 1 is 1.26 bits per heavy atom. The molecule has 0 aliphatic heterocycles. The number of aryl methyl sites for hydroxylation is 1. The van der Waals surface area contributed by atoms with E-state index < -0.39 is 0 Å². The average molecular weight is 290 g/mol. The summed E-state index contributed by atoms with van der Waals surface area (Å²) in [6.07, 6.45) is 1.09. The third kappa shape index (κ3) is 2.77. The first-order chi connectivity index (χ1) is 9.24. The van der Waals surface area contributed by atoms with Crippen molar-refractivity contribution in [2.75, 3.05) is 5.73 Å². The molecule has 0 aliphatic rings. The number of nitrogens with two attached hydrogens (primary N) is 1. The van der Waals surface area contributed by atoms with Gasteiger partial charge in [-0.15, -0.1) is 11.3 Å². The zero-order chi connectivity index (χ0) is 13.2. The van der Waals surface area contributed by atoms with Gasteiger partial charge in [0.15, 0.2) is 5.58 Å². The SMILES string of the molecule is CCc1ccc(CSc2nc3cc(N)ccc3o2)s1.